The first-order chi connectivity index (χ1) is 16.6. The molecular formula is C27H27FN4OS. The second-order valence-corrected chi connectivity index (χ2v) is 9.77. The molecule has 0 radical (unpaired) electrons. The van der Waals surface area contributed by atoms with Gasteiger partial charge in [-0.3, -0.25) is 9.48 Å². The van der Waals surface area contributed by atoms with Gasteiger partial charge in [0.15, 0.2) is 0 Å². The molecule has 3 N–H and O–H groups in total. The predicted octanol–water partition coefficient (Wildman–Crippen LogP) is 5.05. The molecule has 2 aromatic heterocycles. The Bertz CT molecular complexity index is 1300. The average molecular weight is 475 g/mol. The van der Waals surface area contributed by atoms with Crippen molar-refractivity contribution in [3.63, 3.8) is 0 Å². The summed E-state index contributed by atoms with van der Waals surface area (Å²) in [5.41, 5.74) is 11.0. The van der Waals surface area contributed by atoms with Gasteiger partial charge in [0.25, 0.3) is 5.91 Å². The maximum Gasteiger partial charge on any atom is 0.261 e. The number of nitrogens with two attached hydrogens (primary N) is 1. The van der Waals surface area contributed by atoms with Crippen molar-refractivity contribution < 1.29 is 9.18 Å². The molecule has 0 bridgehead atoms. The van der Waals surface area contributed by atoms with Crippen LogP contribution in [0.5, 0.6) is 0 Å². The summed E-state index contributed by atoms with van der Waals surface area (Å²) in [4.78, 5) is 15.1. The second kappa shape index (κ2) is 9.91. The van der Waals surface area contributed by atoms with Crippen LogP contribution in [0.4, 0.5) is 4.39 Å². The van der Waals surface area contributed by atoms with Crippen LogP contribution < -0.4 is 11.1 Å². The first-order valence-corrected chi connectivity index (χ1v) is 12.4. The standard InChI is InChI=1S/C27H27FN4OS/c28-20-9-4-6-18(14-20)15-21(11-12-29)31-27(33)25-16-22-24(34-25)10-5-13-32-26(22)23(17-30-32)19-7-2-1-3-8-19/h1-4,6-9,14,16-17,21H,5,10-13,15,29H2,(H,31,33)/t21-/m1/s1. The Hall–Kier alpha value is -3.29. The van der Waals surface area contributed by atoms with Gasteiger partial charge in [-0.15, -0.1) is 11.3 Å². The third-order valence-corrected chi connectivity index (χ3v) is 7.40. The van der Waals surface area contributed by atoms with Gasteiger partial charge in [-0.25, -0.2) is 4.39 Å². The normalized spacial score (nSPS) is 13.6. The molecule has 7 heteroatoms. The molecule has 5 nitrogen and oxygen atoms in total. The molecular weight excluding hydrogens is 447 g/mol. The van der Waals surface area contributed by atoms with Gasteiger partial charge in [0, 0.05) is 28.6 Å². The van der Waals surface area contributed by atoms with Crippen molar-refractivity contribution in [3.8, 4) is 22.4 Å². The van der Waals surface area contributed by atoms with E-state index in [1.165, 1.54) is 17.0 Å². The lowest BCUT2D eigenvalue weighted by molar-refractivity contribution is 0.0939. The van der Waals surface area contributed by atoms with Crippen molar-refractivity contribution in [3.05, 3.63) is 88.0 Å². The fourth-order valence-corrected chi connectivity index (χ4v) is 5.72. The minimum atomic E-state index is -0.275. The molecule has 0 spiro atoms. The number of rotatable bonds is 7. The molecule has 0 fully saturated rings. The first kappa shape index (κ1) is 22.5. The number of thiophene rings is 1. The summed E-state index contributed by atoms with van der Waals surface area (Å²) in [6, 6.07) is 18.6. The Morgan fingerprint density at radius 3 is 2.79 bits per heavy atom. The monoisotopic (exact) mass is 474 g/mol. The molecule has 34 heavy (non-hydrogen) atoms. The number of hydrogen-bond acceptors (Lipinski definition) is 4. The topological polar surface area (TPSA) is 72.9 Å². The number of aromatic nitrogens is 2. The quantitative estimate of drug-likeness (QED) is 0.394. The van der Waals surface area contributed by atoms with Crippen molar-refractivity contribution in [2.75, 3.05) is 6.54 Å². The van der Waals surface area contributed by atoms with E-state index in [9.17, 15) is 9.18 Å². The third kappa shape index (κ3) is 4.67. The molecule has 174 valence electrons. The Morgan fingerprint density at radius 1 is 1.15 bits per heavy atom. The summed E-state index contributed by atoms with van der Waals surface area (Å²) in [5.74, 6) is -0.386. The van der Waals surface area contributed by atoms with Crippen LogP contribution in [0.1, 0.15) is 33.0 Å². The summed E-state index contributed by atoms with van der Waals surface area (Å²) in [7, 11) is 0. The number of hydrogen-bond donors (Lipinski definition) is 2. The molecule has 4 aromatic rings. The lowest BCUT2D eigenvalue weighted by Gasteiger charge is -2.18. The highest BCUT2D eigenvalue weighted by molar-refractivity contribution is 7.14. The van der Waals surface area contributed by atoms with Crippen LogP contribution in [0.15, 0.2) is 66.9 Å². The maximum atomic E-state index is 13.6. The van der Waals surface area contributed by atoms with Gasteiger partial charge in [-0.1, -0.05) is 42.5 Å². The van der Waals surface area contributed by atoms with Crippen molar-refractivity contribution in [2.45, 2.75) is 38.3 Å². The van der Waals surface area contributed by atoms with Crippen molar-refractivity contribution in [1.29, 1.82) is 0 Å². The van der Waals surface area contributed by atoms with E-state index in [2.05, 4.69) is 27.2 Å². The number of nitrogens with zero attached hydrogens (tertiary/aromatic N) is 2. The van der Waals surface area contributed by atoms with Crippen LogP contribution in [0, 0.1) is 5.82 Å². The summed E-state index contributed by atoms with van der Waals surface area (Å²) >= 11 is 1.55. The molecule has 3 heterocycles. The minimum absolute atomic E-state index is 0.111. The SMILES string of the molecule is NCC[C@H](Cc1cccc(F)c1)NC(=O)c1cc2c(s1)CCCn1ncc(-c3ccccc3)c1-2. The van der Waals surface area contributed by atoms with E-state index in [4.69, 9.17) is 5.73 Å². The largest absolute Gasteiger partial charge is 0.348 e. The molecule has 1 amide bonds. The molecule has 5 rings (SSSR count). The van der Waals surface area contributed by atoms with Crippen LogP contribution >= 0.6 is 11.3 Å². The van der Waals surface area contributed by atoms with Crippen LogP contribution in [0.3, 0.4) is 0 Å². The van der Waals surface area contributed by atoms with Crippen molar-refractivity contribution in [2.24, 2.45) is 5.73 Å². The van der Waals surface area contributed by atoms with Gasteiger partial charge in [0.2, 0.25) is 0 Å². The highest BCUT2D eigenvalue weighted by atomic mass is 32.1. The van der Waals surface area contributed by atoms with Crippen LogP contribution in [0.25, 0.3) is 22.4 Å². The molecule has 0 unspecified atom stereocenters. The minimum Gasteiger partial charge on any atom is -0.348 e. The molecule has 0 saturated carbocycles. The molecule has 1 aliphatic heterocycles. The second-order valence-electron chi connectivity index (χ2n) is 8.63. The van der Waals surface area contributed by atoms with E-state index in [-0.39, 0.29) is 17.8 Å². The number of carbonyl (C=O) groups excluding carboxylic acids is 1. The molecule has 2 aromatic carbocycles. The number of benzene rings is 2. The van der Waals surface area contributed by atoms with E-state index in [1.807, 2.05) is 36.5 Å². The van der Waals surface area contributed by atoms with E-state index in [1.54, 1.807) is 17.4 Å². The third-order valence-electron chi connectivity index (χ3n) is 6.21. The van der Waals surface area contributed by atoms with Gasteiger partial charge in [0.1, 0.15) is 5.82 Å². The lowest BCUT2D eigenvalue weighted by Crippen LogP contribution is -2.37. The molecule has 1 atom stereocenters. The fourth-order valence-electron chi connectivity index (χ4n) is 4.62. The van der Waals surface area contributed by atoms with Crippen LogP contribution in [-0.2, 0) is 19.4 Å². The highest BCUT2D eigenvalue weighted by Crippen LogP contribution is 2.40. The molecule has 1 aliphatic rings. The number of aryl methyl sites for hydroxylation is 2. The van der Waals surface area contributed by atoms with Crippen LogP contribution in [-0.4, -0.2) is 28.3 Å². The molecule has 0 aliphatic carbocycles. The maximum absolute atomic E-state index is 13.6. The summed E-state index contributed by atoms with van der Waals surface area (Å²) in [6.45, 7) is 1.30. The van der Waals surface area contributed by atoms with Gasteiger partial charge in [-0.2, -0.15) is 5.10 Å². The van der Waals surface area contributed by atoms with Gasteiger partial charge in [-0.05, 0) is 61.6 Å². The summed E-state index contributed by atoms with van der Waals surface area (Å²) < 4.78 is 15.7. The lowest BCUT2D eigenvalue weighted by atomic mass is 10.0. The Labute approximate surface area is 202 Å². The number of carbonyl (C=O) groups is 1. The Balaban J connectivity index is 1.42. The van der Waals surface area contributed by atoms with Gasteiger partial charge < -0.3 is 11.1 Å². The van der Waals surface area contributed by atoms with Crippen molar-refractivity contribution >= 4 is 17.2 Å². The summed E-state index contributed by atoms with van der Waals surface area (Å²) in [5, 5.41) is 7.79. The van der Waals surface area contributed by atoms with Crippen molar-refractivity contribution in [1.82, 2.24) is 15.1 Å². The zero-order valence-electron chi connectivity index (χ0n) is 18.8. The Morgan fingerprint density at radius 2 is 2.00 bits per heavy atom. The smallest absolute Gasteiger partial charge is 0.261 e. The number of nitrogens with one attached hydrogen (secondary N) is 1. The van der Waals surface area contributed by atoms with Crippen LogP contribution in [0.2, 0.25) is 0 Å². The number of amides is 1. The zero-order chi connectivity index (χ0) is 23.5. The zero-order valence-corrected chi connectivity index (χ0v) is 19.7. The van der Waals surface area contributed by atoms with E-state index in [0.29, 0.717) is 24.3 Å². The summed E-state index contributed by atoms with van der Waals surface area (Å²) in [6.07, 6.45) is 4.98. The Kier molecular flexibility index (Phi) is 6.56. The number of halogens is 1. The van der Waals surface area contributed by atoms with E-state index in [0.717, 1.165) is 47.3 Å². The van der Waals surface area contributed by atoms with Gasteiger partial charge >= 0.3 is 0 Å². The highest BCUT2D eigenvalue weighted by Gasteiger charge is 2.25. The van der Waals surface area contributed by atoms with Gasteiger partial charge in [0.05, 0.1) is 16.8 Å². The average Bonchev–Trinajstić information content (AvgIpc) is 3.40. The number of fused-ring (bicyclic) bond motifs is 3. The molecule has 0 saturated heterocycles. The van der Waals surface area contributed by atoms with E-state index >= 15 is 0 Å². The predicted molar refractivity (Wildman–Crippen MR) is 134 cm³/mol. The van der Waals surface area contributed by atoms with E-state index < -0.39 is 0 Å². The fraction of sp³-hybridized carbons (Fsp3) is 0.259. The first-order valence-electron chi connectivity index (χ1n) is 11.6.